The van der Waals surface area contributed by atoms with Gasteiger partial charge in [-0.05, 0) is 43.0 Å². The number of nitrogens with one attached hydrogen (secondary N) is 1. The summed E-state index contributed by atoms with van der Waals surface area (Å²) in [6, 6.07) is 7.55. The fraction of sp³-hybridized carbons (Fsp3) is 0.529. The molecule has 2 amide bonds. The maximum Gasteiger partial charge on any atom is 0.238 e. The Labute approximate surface area is 131 Å². The summed E-state index contributed by atoms with van der Waals surface area (Å²) in [4.78, 5) is 25.5. The highest BCUT2D eigenvalue weighted by atomic mass is 16.2. The Morgan fingerprint density at radius 2 is 1.95 bits per heavy atom. The molecule has 1 aromatic carbocycles. The highest BCUT2D eigenvalue weighted by molar-refractivity contribution is 5.92. The van der Waals surface area contributed by atoms with E-state index in [-0.39, 0.29) is 24.4 Å². The van der Waals surface area contributed by atoms with E-state index in [1.165, 1.54) is 5.56 Å². The van der Waals surface area contributed by atoms with Gasteiger partial charge >= 0.3 is 0 Å². The van der Waals surface area contributed by atoms with Crippen molar-refractivity contribution in [3.8, 4) is 0 Å². The molecule has 0 aliphatic carbocycles. The topological polar surface area (TPSA) is 75.4 Å². The Morgan fingerprint density at radius 1 is 1.27 bits per heavy atom. The van der Waals surface area contributed by atoms with E-state index in [9.17, 15) is 9.59 Å². The van der Waals surface area contributed by atoms with Crippen LogP contribution in [0.4, 0.5) is 5.69 Å². The molecule has 1 saturated heterocycles. The lowest BCUT2D eigenvalue weighted by molar-refractivity contribution is -0.126. The molecule has 5 heteroatoms. The molecule has 5 nitrogen and oxygen atoms in total. The maximum absolute atomic E-state index is 12.2. The van der Waals surface area contributed by atoms with Crippen molar-refractivity contribution in [2.24, 2.45) is 5.73 Å². The van der Waals surface area contributed by atoms with Crippen LogP contribution in [0.5, 0.6) is 0 Å². The van der Waals surface area contributed by atoms with Crippen molar-refractivity contribution in [1.29, 1.82) is 0 Å². The van der Waals surface area contributed by atoms with Gasteiger partial charge in [-0.1, -0.05) is 32.4 Å². The number of carbonyl (C=O) groups is 2. The molecular weight excluding hydrogens is 278 g/mol. The molecule has 1 heterocycles. The third-order valence-corrected chi connectivity index (χ3v) is 4.15. The second kappa shape index (κ2) is 7.40. The van der Waals surface area contributed by atoms with E-state index in [1.54, 1.807) is 0 Å². The van der Waals surface area contributed by atoms with Gasteiger partial charge in [0.05, 0.1) is 12.6 Å². The van der Waals surface area contributed by atoms with Crippen LogP contribution in [0.15, 0.2) is 24.3 Å². The summed E-state index contributed by atoms with van der Waals surface area (Å²) in [5, 5.41) is 2.88. The Hall–Kier alpha value is -1.88. The second-order valence-electron chi connectivity index (χ2n) is 6.21. The summed E-state index contributed by atoms with van der Waals surface area (Å²) >= 11 is 0. The number of nitrogens with two attached hydrogens (primary N) is 1. The van der Waals surface area contributed by atoms with Crippen LogP contribution < -0.4 is 11.1 Å². The van der Waals surface area contributed by atoms with E-state index in [0.29, 0.717) is 5.92 Å². The van der Waals surface area contributed by atoms with Crippen molar-refractivity contribution in [2.75, 3.05) is 18.4 Å². The van der Waals surface area contributed by atoms with E-state index in [1.807, 2.05) is 29.2 Å². The van der Waals surface area contributed by atoms with Gasteiger partial charge in [0.15, 0.2) is 0 Å². The molecule has 3 N–H and O–H groups in total. The number of benzene rings is 1. The van der Waals surface area contributed by atoms with Crippen LogP contribution in [-0.4, -0.2) is 35.8 Å². The van der Waals surface area contributed by atoms with E-state index < -0.39 is 0 Å². The average molecular weight is 303 g/mol. The maximum atomic E-state index is 12.2. The summed E-state index contributed by atoms with van der Waals surface area (Å²) in [5.41, 5.74) is 7.44. The van der Waals surface area contributed by atoms with Crippen molar-refractivity contribution in [3.63, 3.8) is 0 Å². The zero-order valence-electron chi connectivity index (χ0n) is 13.3. The molecule has 0 aromatic heterocycles. The van der Waals surface area contributed by atoms with Crippen LogP contribution in [-0.2, 0) is 9.59 Å². The zero-order chi connectivity index (χ0) is 16.1. The molecule has 0 radical (unpaired) electrons. The average Bonchev–Trinajstić information content (AvgIpc) is 2.48. The minimum absolute atomic E-state index is 0.106. The number of anilines is 1. The lowest BCUT2D eigenvalue weighted by Crippen LogP contribution is -2.50. The summed E-state index contributed by atoms with van der Waals surface area (Å²) in [7, 11) is 0. The third-order valence-electron chi connectivity index (χ3n) is 4.15. The number of rotatable bonds is 5. The Morgan fingerprint density at radius 3 is 2.55 bits per heavy atom. The van der Waals surface area contributed by atoms with Crippen molar-refractivity contribution in [3.05, 3.63) is 29.8 Å². The normalized spacial score (nSPS) is 19.1. The van der Waals surface area contributed by atoms with Gasteiger partial charge in [0.2, 0.25) is 11.8 Å². The SMILES string of the molecule is CC(C)c1ccc(NC(=O)CN2CCCC[C@@H]2C(N)=O)cc1. The monoisotopic (exact) mass is 303 g/mol. The molecule has 2 rings (SSSR count). The second-order valence-corrected chi connectivity index (χ2v) is 6.21. The fourth-order valence-corrected chi connectivity index (χ4v) is 2.84. The summed E-state index contributed by atoms with van der Waals surface area (Å²) in [6.07, 6.45) is 2.73. The van der Waals surface area contributed by atoms with E-state index in [4.69, 9.17) is 5.73 Å². The van der Waals surface area contributed by atoms with Gasteiger partial charge in [-0.2, -0.15) is 0 Å². The molecule has 0 spiro atoms. The predicted molar refractivity (Wildman–Crippen MR) is 87.6 cm³/mol. The predicted octanol–water partition coefficient (Wildman–Crippen LogP) is 2.09. The van der Waals surface area contributed by atoms with Crippen LogP contribution in [0.25, 0.3) is 0 Å². The Bertz CT molecular complexity index is 525. The number of amides is 2. The number of nitrogens with zero attached hydrogens (tertiary/aromatic N) is 1. The van der Waals surface area contributed by atoms with Crippen LogP contribution in [0.2, 0.25) is 0 Å². The van der Waals surface area contributed by atoms with Crippen LogP contribution in [0.1, 0.15) is 44.6 Å². The first kappa shape index (κ1) is 16.5. The molecule has 22 heavy (non-hydrogen) atoms. The highest BCUT2D eigenvalue weighted by Crippen LogP contribution is 2.18. The summed E-state index contributed by atoms with van der Waals surface area (Å²) < 4.78 is 0. The quantitative estimate of drug-likeness (QED) is 0.874. The molecule has 1 aromatic rings. The standard InChI is InChI=1S/C17H25N3O2/c1-12(2)13-6-8-14(9-7-13)19-16(21)11-20-10-4-3-5-15(20)17(18)22/h6-9,12,15H,3-5,10-11H2,1-2H3,(H2,18,22)(H,19,21)/t15-/m1/s1. The first-order valence-corrected chi connectivity index (χ1v) is 7.90. The van der Waals surface area contributed by atoms with E-state index in [2.05, 4.69) is 19.2 Å². The molecular formula is C17H25N3O2. The molecule has 1 fully saturated rings. The molecule has 1 atom stereocenters. The number of carbonyl (C=O) groups excluding carboxylic acids is 2. The van der Waals surface area contributed by atoms with E-state index in [0.717, 1.165) is 31.5 Å². The van der Waals surface area contributed by atoms with Gasteiger partial charge < -0.3 is 11.1 Å². The lowest BCUT2D eigenvalue weighted by atomic mass is 10.0. The zero-order valence-corrected chi connectivity index (χ0v) is 13.3. The first-order chi connectivity index (χ1) is 10.5. The van der Waals surface area contributed by atoms with Crippen molar-refractivity contribution in [2.45, 2.75) is 45.1 Å². The number of primary amides is 1. The van der Waals surface area contributed by atoms with Gasteiger partial charge in [-0.15, -0.1) is 0 Å². The molecule has 1 aliphatic rings. The molecule has 0 saturated carbocycles. The fourth-order valence-electron chi connectivity index (χ4n) is 2.84. The van der Waals surface area contributed by atoms with Crippen LogP contribution >= 0.6 is 0 Å². The lowest BCUT2D eigenvalue weighted by Gasteiger charge is -2.32. The summed E-state index contributed by atoms with van der Waals surface area (Å²) in [5.74, 6) is 0.0219. The van der Waals surface area contributed by atoms with Gasteiger partial charge in [-0.25, -0.2) is 0 Å². The van der Waals surface area contributed by atoms with Crippen molar-refractivity contribution < 1.29 is 9.59 Å². The Balaban J connectivity index is 1.92. The smallest absolute Gasteiger partial charge is 0.238 e. The van der Waals surface area contributed by atoms with Crippen molar-refractivity contribution >= 4 is 17.5 Å². The minimum atomic E-state index is -0.339. The van der Waals surface area contributed by atoms with Gasteiger partial charge in [-0.3, -0.25) is 14.5 Å². The van der Waals surface area contributed by atoms with Crippen LogP contribution in [0, 0.1) is 0 Å². The molecule has 1 aliphatic heterocycles. The largest absolute Gasteiger partial charge is 0.368 e. The number of hydrogen-bond acceptors (Lipinski definition) is 3. The Kier molecular flexibility index (Phi) is 5.55. The number of likely N-dealkylation sites (tertiary alicyclic amines) is 1. The molecule has 0 bridgehead atoms. The van der Waals surface area contributed by atoms with Gasteiger partial charge in [0.25, 0.3) is 0 Å². The van der Waals surface area contributed by atoms with Crippen LogP contribution in [0.3, 0.4) is 0 Å². The van der Waals surface area contributed by atoms with Crippen molar-refractivity contribution in [1.82, 2.24) is 4.90 Å². The van der Waals surface area contributed by atoms with Gasteiger partial charge in [0.1, 0.15) is 0 Å². The number of piperidine rings is 1. The highest BCUT2D eigenvalue weighted by Gasteiger charge is 2.28. The summed E-state index contributed by atoms with van der Waals surface area (Å²) in [6.45, 7) is 5.22. The first-order valence-electron chi connectivity index (χ1n) is 7.90. The third kappa shape index (κ3) is 4.31. The minimum Gasteiger partial charge on any atom is -0.368 e. The number of hydrogen-bond donors (Lipinski definition) is 2. The van der Waals surface area contributed by atoms with E-state index >= 15 is 0 Å². The molecule has 120 valence electrons. The van der Waals surface area contributed by atoms with Gasteiger partial charge in [0, 0.05) is 5.69 Å². The molecule has 0 unspecified atom stereocenters.